The summed E-state index contributed by atoms with van der Waals surface area (Å²) in [6.07, 6.45) is 2.25. The van der Waals surface area contributed by atoms with Gasteiger partial charge in [-0.15, -0.1) is 0 Å². The molecular weight excluding hydrogens is 238 g/mol. The van der Waals surface area contributed by atoms with Crippen LogP contribution in [0.4, 0.5) is 0 Å². The molecule has 98 valence electrons. The highest BCUT2D eigenvalue weighted by Crippen LogP contribution is 2.02. The lowest BCUT2D eigenvalue weighted by Gasteiger charge is -2.04. The van der Waals surface area contributed by atoms with Gasteiger partial charge in [-0.25, -0.2) is 5.43 Å². The van der Waals surface area contributed by atoms with Crippen molar-refractivity contribution >= 4 is 11.6 Å². The van der Waals surface area contributed by atoms with Gasteiger partial charge in [0.25, 0.3) is 0 Å². The number of carbonyl (C=O) groups excluding carboxylic acids is 1. The molecule has 0 aliphatic heterocycles. The highest BCUT2D eigenvalue weighted by Gasteiger charge is 2.05. The van der Waals surface area contributed by atoms with Crippen LogP contribution in [0.5, 0.6) is 0 Å². The molecule has 1 N–H and O–H groups in total. The van der Waals surface area contributed by atoms with Gasteiger partial charge in [-0.05, 0) is 24.6 Å². The van der Waals surface area contributed by atoms with Crippen LogP contribution in [-0.4, -0.2) is 16.2 Å². The van der Waals surface area contributed by atoms with E-state index in [4.69, 9.17) is 0 Å². The van der Waals surface area contributed by atoms with Gasteiger partial charge >= 0.3 is 0 Å². The van der Waals surface area contributed by atoms with E-state index >= 15 is 0 Å². The summed E-state index contributed by atoms with van der Waals surface area (Å²) >= 11 is 0. The van der Waals surface area contributed by atoms with E-state index in [2.05, 4.69) is 10.5 Å². The van der Waals surface area contributed by atoms with Gasteiger partial charge in [-0.3, -0.25) is 4.79 Å². The number of amides is 1. The van der Waals surface area contributed by atoms with E-state index in [1.54, 1.807) is 0 Å². The summed E-state index contributed by atoms with van der Waals surface area (Å²) in [6.45, 7) is 1.87. The summed E-state index contributed by atoms with van der Waals surface area (Å²) in [6, 6.07) is 13.6. The van der Waals surface area contributed by atoms with E-state index in [9.17, 15) is 4.79 Å². The molecule has 2 aromatic rings. The molecule has 19 heavy (non-hydrogen) atoms. The fourth-order valence-electron chi connectivity index (χ4n) is 1.77. The van der Waals surface area contributed by atoms with Gasteiger partial charge in [0.2, 0.25) is 5.91 Å². The molecule has 0 spiro atoms. The van der Waals surface area contributed by atoms with Crippen LogP contribution in [0.25, 0.3) is 0 Å². The molecule has 0 radical (unpaired) electrons. The summed E-state index contributed by atoms with van der Waals surface area (Å²) in [4.78, 5) is 11.8. The molecule has 0 atom stereocenters. The van der Waals surface area contributed by atoms with E-state index in [-0.39, 0.29) is 5.91 Å². The van der Waals surface area contributed by atoms with Gasteiger partial charge < -0.3 is 4.57 Å². The first-order chi connectivity index (χ1) is 9.16. The number of hydrazone groups is 1. The maximum Gasteiger partial charge on any atom is 0.246 e. The van der Waals surface area contributed by atoms with Crippen molar-refractivity contribution in [2.45, 2.75) is 13.3 Å². The van der Waals surface area contributed by atoms with Crippen molar-refractivity contribution in [3.8, 4) is 0 Å². The highest BCUT2D eigenvalue weighted by molar-refractivity contribution is 5.99. The van der Waals surface area contributed by atoms with Crippen LogP contribution in [0.2, 0.25) is 0 Å². The van der Waals surface area contributed by atoms with Gasteiger partial charge in [-0.2, -0.15) is 5.10 Å². The standard InChI is InChI=1S/C15H17N3O/c1-12(13-7-4-3-5-8-13)16-17-15(19)11-14-9-6-10-18(14)2/h3-10H,11H2,1-2H3,(H,17,19). The predicted octanol–water partition coefficient (Wildman–Crippen LogP) is 2.11. The lowest BCUT2D eigenvalue weighted by atomic mass is 10.1. The minimum atomic E-state index is -0.114. The van der Waals surface area contributed by atoms with E-state index in [0.29, 0.717) is 6.42 Å². The van der Waals surface area contributed by atoms with Crippen LogP contribution in [-0.2, 0) is 18.3 Å². The Hall–Kier alpha value is -2.36. The summed E-state index contributed by atoms with van der Waals surface area (Å²) in [5.74, 6) is -0.114. The minimum absolute atomic E-state index is 0.114. The van der Waals surface area contributed by atoms with Gasteiger partial charge in [0.15, 0.2) is 0 Å². The van der Waals surface area contributed by atoms with E-state index in [1.165, 1.54) is 0 Å². The smallest absolute Gasteiger partial charge is 0.246 e. The third kappa shape index (κ3) is 3.55. The van der Waals surface area contributed by atoms with Crippen molar-refractivity contribution in [2.24, 2.45) is 12.1 Å². The molecule has 1 aromatic carbocycles. The molecule has 0 unspecified atom stereocenters. The van der Waals surface area contributed by atoms with E-state index in [0.717, 1.165) is 17.0 Å². The molecule has 2 rings (SSSR count). The normalized spacial score (nSPS) is 11.4. The Morgan fingerprint density at radius 2 is 1.95 bits per heavy atom. The molecule has 4 heteroatoms. The zero-order valence-electron chi connectivity index (χ0n) is 11.1. The summed E-state index contributed by atoms with van der Waals surface area (Å²) in [5.41, 5.74) is 5.34. The molecule has 1 heterocycles. The molecule has 0 saturated carbocycles. The van der Waals surface area contributed by atoms with Crippen molar-refractivity contribution in [3.63, 3.8) is 0 Å². The average molecular weight is 255 g/mol. The Labute approximate surface area is 112 Å². The number of rotatable bonds is 4. The Balaban J connectivity index is 1.95. The van der Waals surface area contributed by atoms with Crippen LogP contribution in [0.1, 0.15) is 18.2 Å². The largest absolute Gasteiger partial charge is 0.354 e. The second-order valence-corrected chi connectivity index (χ2v) is 4.39. The Bertz CT molecular complexity index is 584. The van der Waals surface area contributed by atoms with Crippen LogP contribution in [0, 0.1) is 0 Å². The number of benzene rings is 1. The molecule has 0 saturated heterocycles. The number of hydrogen-bond acceptors (Lipinski definition) is 2. The zero-order chi connectivity index (χ0) is 13.7. The van der Waals surface area contributed by atoms with Crippen molar-refractivity contribution in [1.29, 1.82) is 0 Å². The van der Waals surface area contributed by atoms with E-state index < -0.39 is 0 Å². The molecule has 0 fully saturated rings. The van der Waals surface area contributed by atoms with Crippen LogP contribution >= 0.6 is 0 Å². The summed E-state index contributed by atoms with van der Waals surface area (Å²) < 4.78 is 1.92. The lowest BCUT2D eigenvalue weighted by molar-refractivity contribution is -0.120. The summed E-state index contributed by atoms with van der Waals surface area (Å²) in [7, 11) is 1.92. The molecule has 1 amide bonds. The highest BCUT2D eigenvalue weighted by atomic mass is 16.2. The molecule has 0 aliphatic rings. The number of nitrogens with zero attached hydrogens (tertiary/aromatic N) is 2. The van der Waals surface area contributed by atoms with E-state index in [1.807, 2.05) is 67.2 Å². The Morgan fingerprint density at radius 1 is 1.21 bits per heavy atom. The van der Waals surface area contributed by atoms with Crippen LogP contribution < -0.4 is 5.43 Å². The molecule has 0 bridgehead atoms. The quantitative estimate of drug-likeness (QED) is 0.660. The molecule has 4 nitrogen and oxygen atoms in total. The minimum Gasteiger partial charge on any atom is -0.354 e. The fraction of sp³-hybridized carbons (Fsp3) is 0.200. The Kier molecular flexibility index (Phi) is 4.13. The Morgan fingerprint density at radius 3 is 2.58 bits per heavy atom. The predicted molar refractivity (Wildman–Crippen MR) is 75.9 cm³/mol. The third-order valence-corrected chi connectivity index (χ3v) is 2.93. The third-order valence-electron chi connectivity index (χ3n) is 2.93. The van der Waals surface area contributed by atoms with Crippen LogP contribution in [0.3, 0.4) is 0 Å². The first kappa shape index (κ1) is 13.1. The summed E-state index contributed by atoms with van der Waals surface area (Å²) in [5, 5.41) is 4.11. The topological polar surface area (TPSA) is 46.4 Å². The maximum absolute atomic E-state index is 11.8. The molecular formula is C15H17N3O. The number of aryl methyl sites for hydroxylation is 1. The zero-order valence-corrected chi connectivity index (χ0v) is 11.1. The van der Waals surface area contributed by atoms with Gasteiger partial charge in [0.05, 0.1) is 12.1 Å². The van der Waals surface area contributed by atoms with Gasteiger partial charge in [0.1, 0.15) is 0 Å². The molecule has 1 aromatic heterocycles. The van der Waals surface area contributed by atoms with Gasteiger partial charge in [0, 0.05) is 18.9 Å². The second kappa shape index (κ2) is 6.00. The van der Waals surface area contributed by atoms with Crippen molar-refractivity contribution in [1.82, 2.24) is 9.99 Å². The number of aromatic nitrogens is 1. The number of nitrogens with one attached hydrogen (secondary N) is 1. The van der Waals surface area contributed by atoms with Gasteiger partial charge in [-0.1, -0.05) is 30.3 Å². The monoisotopic (exact) mass is 255 g/mol. The first-order valence-electron chi connectivity index (χ1n) is 6.15. The van der Waals surface area contributed by atoms with Crippen molar-refractivity contribution in [3.05, 3.63) is 59.9 Å². The molecule has 0 aliphatic carbocycles. The fourth-order valence-corrected chi connectivity index (χ4v) is 1.77. The van der Waals surface area contributed by atoms with Crippen molar-refractivity contribution in [2.75, 3.05) is 0 Å². The first-order valence-corrected chi connectivity index (χ1v) is 6.15. The SMILES string of the molecule is CC(=NNC(=O)Cc1cccn1C)c1ccccc1. The van der Waals surface area contributed by atoms with Crippen LogP contribution in [0.15, 0.2) is 53.8 Å². The number of carbonyl (C=O) groups is 1. The maximum atomic E-state index is 11.8. The van der Waals surface area contributed by atoms with Crippen molar-refractivity contribution < 1.29 is 4.79 Å². The second-order valence-electron chi connectivity index (χ2n) is 4.39. The average Bonchev–Trinajstić information content (AvgIpc) is 2.82. The number of hydrogen-bond donors (Lipinski definition) is 1. The lowest BCUT2D eigenvalue weighted by Crippen LogP contribution is -2.22.